The normalized spacial score (nSPS) is 30.7. The van der Waals surface area contributed by atoms with Crippen LogP contribution in [0.5, 0.6) is 0 Å². The minimum absolute atomic E-state index is 0.0175. The molecule has 1 aliphatic heterocycles. The second kappa shape index (κ2) is 6.92. The number of carbonyl (C=O) groups excluding carboxylic acids is 1. The molecule has 26 heavy (non-hydrogen) atoms. The standard InChI is InChI=1S/C18H25N3O4S/c1-25-18(22)17-15-10-13(6-8-16(15)19-20-17)21-26(23,24)14-7-5-11-3-2-4-12(11)9-14/h5,7,9,13,15-17,19-21H,2-4,6,8,10H2,1H3. The molecule has 1 aromatic carbocycles. The number of esters is 1. The largest absolute Gasteiger partial charge is 0.468 e. The van der Waals surface area contributed by atoms with Crippen molar-refractivity contribution in [2.45, 2.75) is 61.5 Å². The molecule has 8 heteroatoms. The maximum absolute atomic E-state index is 12.8. The summed E-state index contributed by atoms with van der Waals surface area (Å²) in [5.74, 6) is -0.295. The third kappa shape index (κ3) is 3.26. The van der Waals surface area contributed by atoms with Gasteiger partial charge in [0, 0.05) is 18.0 Å². The van der Waals surface area contributed by atoms with Gasteiger partial charge in [0.2, 0.25) is 10.0 Å². The average Bonchev–Trinajstić information content (AvgIpc) is 3.26. The lowest BCUT2D eigenvalue weighted by molar-refractivity contribution is -0.144. The molecule has 4 unspecified atom stereocenters. The van der Waals surface area contributed by atoms with Crippen LogP contribution in [0.2, 0.25) is 0 Å². The van der Waals surface area contributed by atoms with Crippen molar-refractivity contribution in [1.29, 1.82) is 0 Å². The number of ether oxygens (including phenoxy) is 1. The Morgan fingerprint density at radius 3 is 2.81 bits per heavy atom. The highest BCUT2D eigenvalue weighted by molar-refractivity contribution is 7.89. The van der Waals surface area contributed by atoms with E-state index in [0.717, 1.165) is 37.7 Å². The van der Waals surface area contributed by atoms with Gasteiger partial charge in [0.1, 0.15) is 6.04 Å². The highest BCUT2D eigenvalue weighted by atomic mass is 32.2. The number of hydrazine groups is 1. The molecular formula is C18H25N3O4S. The zero-order chi connectivity index (χ0) is 18.3. The van der Waals surface area contributed by atoms with Crippen LogP contribution < -0.4 is 15.6 Å². The van der Waals surface area contributed by atoms with Crippen LogP contribution in [-0.4, -0.2) is 39.6 Å². The van der Waals surface area contributed by atoms with Crippen molar-refractivity contribution in [3.05, 3.63) is 29.3 Å². The minimum Gasteiger partial charge on any atom is -0.468 e. The number of rotatable bonds is 4. The molecule has 0 amide bonds. The predicted molar refractivity (Wildman–Crippen MR) is 95.8 cm³/mol. The molecule has 1 heterocycles. The van der Waals surface area contributed by atoms with E-state index < -0.39 is 16.1 Å². The molecule has 4 rings (SSSR count). The number of hydrogen-bond acceptors (Lipinski definition) is 6. The fraction of sp³-hybridized carbons (Fsp3) is 0.611. The first-order chi connectivity index (χ1) is 12.5. The fourth-order valence-corrected chi connectivity index (χ4v) is 5.86. The van der Waals surface area contributed by atoms with E-state index in [1.54, 1.807) is 6.07 Å². The first-order valence-corrected chi connectivity index (χ1v) is 10.7. The number of carbonyl (C=O) groups is 1. The van der Waals surface area contributed by atoms with Gasteiger partial charge < -0.3 is 4.74 Å². The quantitative estimate of drug-likeness (QED) is 0.665. The molecule has 2 aliphatic carbocycles. The van der Waals surface area contributed by atoms with Gasteiger partial charge in [-0.15, -0.1) is 0 Å². The maximum Gasteiger partial charge on any atom is 0.324 e. The third-order valence-corrected chi connectivity index (χ3v) is 7.43. The Balaban J connectivity index is 1.47. The van der Waals surface area contributed by atoms with E-state index in [1.807, 2.05) is 12.1 Å². The lowest BCUT2D eigenvalue weighted by Crippen LogP contribution is -2.46. The lowest BCUT2D eigenvalue weighted by Gasteiger charge is -2.32. The van der Waals surface area contributed by atoms with Crippen molar-refractivity contribution in [1.82, 2.24) is 15.6 Å². The van der Waals surface area contributed by atoms with Crippen LogP contribution in [0.4, 0.5) is 0 Å². The lowest BCUT2D eigenvalue weighted by atomic mass is 9.79. The van der Waals surface area contributed by atoms with Gasteiger partial charge in [-0.05, 0) is 61.8 Å². The number of fused-ring (bicyclic) bond motifs is 2. The fourth-order valence-electron chi connectivity index (χ4n) is 4.53. The summed E-state index contributed by atoms with van der Waals surface area (Å²) in [6.07, 6.45) is 5.23. The van der Waals surface area contributed by atoms with Crippen LogP contribution in [-0.2, 0) is 32.4 Å². The van der Waals surface area contributed by atoms with Crippen molar-refractivity contribution < 1.29 is 17.9 Å². The molecular weight excluding hydrogens is 354 g/mol. The van der Waals surface area contributed by atoms with Crippen molar-refractivity contribution >= 4 is 16.0 Å². The Kier molecular flexibility index (Phi) is 4.77. The summed E-state index contributed by atoms with van der Waals surface area (Å²) in [7, 11) is -2.19. The number of sulfonamides is 1. The molecule has 7 nitrogen and oxygen atoms in total. The van der Waals surface area contributed by atoms with Crippen LogP contribution in [0.25, 0.3) is 0 Å². The molecule has 3 aliphatic rings. The molecule has 1 saturated heterocycles. The number of nitrogens with one attached hydrogen (secondary N) is 3. The van der Waals surface area contributed by atoms with Gasteiger partial charge >= 0.3 is 5.97 Å². The van der Waals surface area contributed by atoms with E-state index >= 15 is 0 Å². The van der Waals surface area contributed by atoms with Crippen molar-refractivity contribution in [2.75, 3.05) is 7.11 Å². The van der Waals surface area contributed by atoms with Crippen molar-refractivity contribution in [2.24, 2.45) is 5.92 Å². The number of methoxy groups -OCH3 is 1. The Labute approximate surface area is 153 Å². The first kappa shape index (κ1) is 17.9. The van der Waals surface area contributed by atoms with Gasteiger partial charge in [0.05, 0.1) is 12.0 Å². The van der Waals surface area contributed by atoms with Crippen LogP contribution in [0.15, 0.2) is 23.1 Å². The van der Waals surface area contributed by atoms with E-state index in [9.17, 15) is 13.2 Å². The van der Waals surface area contributed by atoms with Gasteiger partial charge in [0.15, 0.2) is 0 Å². The Morgan fingerprint density at radius 2 is 2.00 bits per heavy atom. The molecule has 0 spiro atoms. The van der Waals surface area contributed by atoms with E-state index in [4.69, 9.17) is 4.74 Å². The zero-order valence-electron chi connectivity index (χ0n) is 14.8. The molecule has 0 bridgehead atoms. The SMILES string of the molecule is COC(=O)C1NNC2CCC(NS(=O)(=O)c3ccc4c(c3)CCC4)CC21. The van der Waals surface area contributed by atoms with Gasteiger partial charge in [0.25, 0.3) is 0 Å². The highest BCUT2D eigenvalue weighted by Crippen LogP contribution is 2.32. The highest BCUT2D eigenvalue weighted by Gasteiger charge is 2.44. The summed E-state index contributed by atoms with van der Waals surface area (Å²) in [4.78, 5) is 12.3. The summed E-state index contributed by atoms with van der Waals surface area (Å²) in [5.41, 5.74) is 8.53. The van der Waals surface area contributed by atoms with Crippen LogP contribution in [0.1, 0.15) is 36.8 Å². The summed E-state index contributed by atoms with van der Waals surface area (Å²) in [6.45, 7) is 0. The van der Waals surface area contributed by atoms with Gasteiger partial charge in [-0.2, -0.15) is 0 Å². The molecule has 3 N–H and O–H groups in total. The summed E-state index contributed by atoms with van der Waals surface area (Å²) in [5, 5.41) is 0. The second-order valence-electron chi connectivity index (χ2n) is 7.48. The second-order valence-corrected chi connectivity index (χ2v) is 9.19. The topological polar surface area (TPSA) is 96.5 Å². The summed E-state index contributed by atoms with van der Waals surface area (Å²) in [6, 6.07) is 5.01. The number of aryl methyl sites for hydroxylation is 2. The maximum atomic E-state index is 12.8. The van der Waals surface area contributed by atoms with Gasteiger partial charge in [-0.1, -0.05) is 6.07 Å². The zero-order valence-corrected chi connectivity index (χ0v) is 15.6. The summed E-state index contributed by atoms with van der Waals surface area (Å²) < 4.78 is 33.4. The van der Waals surface area contributed by atoms with Crippen LogP contribution in [0, 0.1) is 5.92 Å². The number of benzene rings is 1. The van der Waals surface area contributed by atoms with Crippen LogP contribution >= 0.6 is 0 Å². The Hall–Kier alpha value is -1.48. The van der Waals surface area contributed by atoms with Crippen molar-refractivity contribution in [3.63, 3.8) is 0 Å². The first-order valence-electron chi connectivity index (χ1n) is 9.21. The van der Waals surface area contributed by atoms with E-state index in [1.165, 1.54) is 12.7 Å². The smallest absolute Gasteiger partial charge is 0.324 e. The van der Waals surface area contributed by atoms with E-state index in [2.05, 4.69) is 15.6 Å². The third-order valence-electron chi connectivity index (χ3n) is 5.91. The number of hydrogen-bond donors (Lipinski definition) is 3. The summed E-state index contributed by atoms with van der Waals surface area (Å²) >= 11 is 0. The van der Waals surface area contributed by atoms with Gasteiger partial charge in [-0.3, -0.25) is 10.2 Å². The molecule has 2 fully saturated rings. The molecule has 0 aromatic heterocycles. The average molecular weight is 379 g/mol. The molecule has 142 valence electrons. The molecule has 1 saturated carbocycles. The van der Waals surface area contributed by atoms with Crippen molar-refractivity contribution in [3.8, 4) is 0 Å². The van der Waals surface area contributed by atoms with E-state index in [0.29, 0.717) is 11.3 Å². The Morgan fingerprint density at radius 1 is 1.19 bits per heavy atom. The molecule has 0 radical (unpaired) electrons. The molecule has 1 aromatic rings. The van der Waals surface area contributed by atoms with Crippen LogP contribution in [0.3, 0.4) is 0 Å². The predicted octanol–water partition coefficient (Wildman–Crippen LogP) is 0.640. The van der Waals surface area contributed by atoms with E-state index in [-0.39, 0.29) is 24.0 Å². The van der Waals surface area contributed by atoms with Gasteiger partial charge in [-0.25, -0.2) is 18.6 Å². The minimum atomic E-state index is -3.56. The monoisotopic (exact) mass is 379 g/mol. The molecule has 4 atom stereocenters. The Bertz CT molecular complexity index is 811.